The molecule has 2 aliphatic rings. The largest absolute Gasteiger partial charge is 0.356 e. The van der Waals surface area contributed by atoms with Crippen molar-refractivity contribution in [2.45, 2.75) is 50.6 Å². The zero-order valence-electron chi connectivity index (χ0n) is 13.1. The number of hydrogen-bond acceptors (Lipinski definition) is 4. The lowest BCUT2D eigenvalue weighted by Crippen LogP contribution is -2.47. The predicted octanol–water partition coefficient (Wildman–Crippen LogP) is 1.68. The normalized spacial score (nSPS) is 26.7. The molecular weight excluding hydrogens is 276 g/mol. The van der Waals surface area contributed by atoms with Gasteiger partial charge < -0.3 is 16.0 Å². The van der Waals surface area contributed by atoms with Crippen molar-refractivity contribution in [3.8, 4) is 0 Å². The Kier molecular flexibility index (Phi) is 4.93. The summed E-state index contributed by atoms with van der Waals surface area (Å²) in [7, 11) is 0. The van der Waals surface area contributed by atoms with Gasteiger partial charge in [0, 0.05) is 37.3 Å². The molecule has 1 saturated carbocycles. The van der Waals surface area contributed by atoms with Crippen LogP contribution in [-0.2, 0) is 4.79 Å². The molecule has 2 atom stereocenters. The van der Waals surface area contributed by atoms with Gasteiger partial charge in [0.2, 0.25) is 5.91 Å². The quantitative estimate of drug-likeness (QED) is 0.891. The van der Waals surface area contributed by atoms with Crippen molar-refractivity contribution in [1.29, 1.82) is 0 Å². The average molecular weight is 302 g/mol. The number of nitrogens with zero attached hydrogens (tertiary/aromatic N) is 2. The van der Waals surface area contributed by atoms with Gasteiger partial charge in [0.15, 0.2) is 0 Å². The van der Waals surface area contributed by atoms with Crippen molar-refractivity contribution in [2.75, 3.05) is 18.0 Å². The van der Waals surface area contributed by atoms with Crippen LogP contribution < -0.4 is 16.0 Å². The fourth-order valence-corrected chi connectivity index (χ4v) is 3.58. The predicted molar refractivity (Wildman–Crippen MR) is 87.5 cm³/mol. The van der Waals surface area contributed by atoms with Crippen LogP contribution in [-0.4, -0.2) is 36.1 Å². The van der Waals surface area contributed by atoms with Crippen molar-refractivity contribution >= 4 is 11.7 Å². The first kappa shape index (κ1) is 15.3. The van der Waals surface area contributed by atoms with Crippen LogP contribution >= 0.6 is 0 Å². The van der Waals surface area contributed by atoms with Crippen LogP contribution in [0.5, 0.6) is 0 Å². The molecule has 0 aromatic carbocycles. The molecule has 3 rings (SSSR count). The van der Waals surface area contributed by atoms with Gasteiger partial charge in [-0.25, -0.2) is 4.98 Å². The van der Waals surface area contributed by atoms with Crippen molar-refractivity contribution in [3.63, 3.8) is 0 Å². The zero-order chi connectivity index (χ0) is 15.4. The molecule has 2 unspecified atom stereocenters. The first-order valence-electron chi connectivity index (χ1n) is 8.44. The summed E-state index contributed by atoms with van der Waals surface area (Å²) < 4.78 is 0. The molecule has 0 radical (unpaired) electrons. The van der Waals surface area contributed by atoms with Gasteiger partial charge in [-0.15, -0.1) is 0 Å². The zero-order valence-corrected chi connectivity index (χ0v) is 13.1. The van der Waals surface area contributed by atoms with Gasteiger partial charge in [-0.2, -0.15) is 0 Å². The van der Waals surface area contributed by atoms with E-state index in [1.165, 1.54) is 0 Å². The van der Waals surface area contributed by atoms with Crippen LogP contribution in [0, 0.1) is 5.92 Å². The van der Waals surface area contributed by atoms with Crippen LogP contribution in [0.1, 0.15) is 38.5 Å². The number of aromatic nitrogens is 1. The molecule has 5 heteroatoms. The second kappa shape index (κ2) is 7.09. The molecule has 1 saturated heterocycles. The topological polar surface area (TPSA) is 71.2 Å². The van der Waals surface area contributed by atoms with Crippen molar-refractivity contribution in [3.05, 3.63) is 24.4 Å². The van der Waals surface area contributed by atoms with Gasteiger partial charge in [0.05, 0.1) is 0 Å². The Hall–Kier alpha value is -1.62. The number of amides is 1. The van der Waals surface area contributed by atoms with E-state index in [4.69, 9.17) is 5.73 Å². The van der Waals surface area contributed by atoms with E-state index in [0.29, 0.717) is 6.04 Å². The SMILES string of the molecule is NC1CCCC(C(=O)NC2CCN(c3ccccn3)CC2)C1. The Bertz CT molecular complexity index is 485. The molecule has 2 fully saturated rings. The molecular formula is C17H26N4O. The molecule has 120 valence electrons. The third-order valence-corrected chi connectivity index (χ3v) is 4.90. The van der Waals surface area contributed by atoms with E-state index in [-0.39, 0.29) is 17.9 Å². The highest BCUT2D eigenvalue weighted by atomic mass is 16.1. The van der Waals surface area contributed by atoms with Crippen LogP contribution in [0.4, 0.5) is 5.82 Å². The average Bonchev–Trinajstić information content (AvgIpc) is 2.56. The number of carbonyl (C=O) groups is 1. The first-order valence-corrected chi connectivity index (χ1v) is 8.44. The van der Waals surface area contributed by atoms with E-state index in [0.717, 1.165) is 57.4 Å². The highest BCUT2D eigenvalue weighted by molar-refractivity contribution is 5.79. The van der Waals surface area contributed by atoms with Gasteiger partial charge >= 0.3 is 0 Å². The Morgan fingerprint density at radius 3 is 2.73 bits per heavy atom. The maximum atomic E-state index is 12.4. The monoisotopic (exact) mass is 302 g/mol. The summed E-state index contributed by atoms with van der Waals surface area (Å²) in [5.74, 6) is 1.37. The Labute approximate surface area is 132 Å². The van der Waals surface area contributed by atoms with Crippen LogP contribution in [0.3, 0.4) is 0 Å². The van der Waals surface area contributed by atoms with E-state index >= 15 is 0 Å². The molecule has 1 aliphatic heterocycles. The van der Waals surface area contributed by atoms with Crippen molar-refractivity contribution < 1.29 is 4.79 Å². The van der Waals surface area contributed by atoms with Gasteiger partial charge in [0.1, 0.15) is 5.82 Å². The van der Waals surface area contributed by atoms with E-state index < -0.39 is 0 Å². The lowest BCUT2D eigenvalue weighted by atomic mass is 9.85. The highest BCUT2D eigenvalue weighted by Gasteiger charge is 2.28. The fraction of sp³-hybridized carbons (Fsp3) is 0.647. The second-order valence-corrected chi connectivity index (χ2v) is 6.58. The molecule has 1 aromatic heterocycles. The van der Waals surface area contributed by atoms with E-state index in [2.05, 4.69) is 15.2 Å². The van der Waals surface area contributed by atoms with Gasteiger partial charge in [-0.3, -0.25) is 4.79 Å². The van der Waals surface area contributed by atoms with Crippen molar-refractivity contribution in [1.82, 2.24) is 10.3 Å². The maximum absolute atomic E-state index is 12.4. The lowest BCUT2D eigenvalue weighted by molar-refractivity contribution is -0.127. The lowest BCUT2D eigenvalue weighted by Gasteiger charge is -2.34. The number of carbonyl (C=O) groups excluding carboxylic acids is 1. The molecule has 0 bridgehead atoms. The molecule has 1 aromatic rings. The summed E-state index contributed by atoms with van der Waals surface area (Å²) in [6, 6.07) is 6.50. The molecule has 2 heterocycles. The summed E-state index contributed by atoms with van der Waals surface area (Å²) in [5, 5.41) is 3.24. The fourth-order valence-electron chi connectivity index (χ4n) is 3.58. The summed E-state index contributed by atoms with van der Waals surface area (Å²) in [4.78, 5) is 19.1. The molecule has 5 nitrogen and oxygen atoms in total. The highest BCUT2D eigenvalue weighted by Crippen LogP contribution is 2.24. The minimum atomic E-state index is 0.123. The summed E-state index contributed by atoms with van der Waals surface area (Å²) in [5.41, 5.74) is 5.99. The van der Waals surface area contributed by atoms with Crippen LogP contribution in [0.25, 0.3) is 0 Å². The Morgan fingerprint density at radius 1 is 1.23 bits per heavy atom. The summed E-state index contributed by atoms with van der Waals surface area (Å²) >= 11 is 0. The number of anilines is 1. The minimum absolute atomic E-state index is 0.123. The third-order valence-electron chi connectivity index (χ3n) is 4.90. The summed E-state index contributed by atoms with van der Waals surface area (Å²) in [6.45, 7) is 1.90. The maximum Gasteiger partial charge on any atom is 0.223 e. The molecule has 0 spiro atoms. The molecule has 3 N–H and O–H groups in total. The number of pyridine rings is 1. The number of hydrogen-bond donors (Lipinski definition) is 2. The van der Waals surface area contributed by atoms with Gasteiger partial charge in [-0.1, -0.05) is 12.5 Å². The first-order chi connectivity index (χ1) is 10.7. The number of nitrogens with two attached hydrogens (primary N) is 1. The van der Waals surface area contributed by atoms with E-state index in [9.17, 15) is 4.79 Å². The van der Waals surface area contributed by atoms with Crippen molar-refractivity contribution in [2.24, 2.45) is 11.7 Å². The summed E-state index contributed by atoms with van der Waals surface area (Å²) in [6.07, 6.45) is 7.78. The van der Waals surface area contributed by atoms with Crippen LogP contribution in [0.2, 0.25) is 0 Å². The number of rotatable bonds is 3. The molecule has 22 heavy (non-hydrogen) atoms. The Balaban J connectivity index is 1.46. The van der Waals surface area contributed by atoms with Crippen LogP contribution in [0.15, 0.2) is 24.4 Å². The van der Waals surface area contributed by atoms with Gasteiger partial charge in [0.25, 0.3) is 0 Å². The Morgan fingerprint density at radius 2 is 2.05 bits per heavy atom. The molecule has 1 amide bonds. The molecule has 1 aliphatic carbocycles. The minimum Gasteiger partial charge on any atom is -0.356 e. The van der Waals surface area contributed by atoms with E-state index in [1.807, 2.05) is 24.4 Å². The third kappa shape index (κ3) is 3.77. The second-order valence-electron chi connectivity index (χ2n) is 6.58. The number of piperidine rings is 1. The standard InChI is InChI=1S/C17H26N4O/c18-14-5-3-4-13(12-14)17(22)20-15-7-10-21(11-8-15)16-6-1-2-9-19-16/h1-2,6,9,13-15H,3-5,7-8,10-12,18H2,(H,20,22). The van der Waals surface area contributed by atoms with E-state index in [1.54, 1.807) is 0 Å². The van der Waals surface area contributed by atoms with Gasteiger partial charge in [-0.05, 0) is 44.2 Å². The number of nitrogens with one attached hydrogen (secondary N) is 1. The smallest absolute Gasteiger partial charge is 0.223 e.